The van der Waals surface area contributed by atoms with Crippen LogP contribution in [0.1, 0.15) is 23.5 Å². The molecule has 0 radical (unpaired) electrons. The van der Waals surface area contributed by atoms with Crippen LogP contribution >= 0.6 is 0 Å². The number of nitriles is 1. The summed E-state index contributed by atoms with van der Waals surface area (Å²) in [4.78, 5) is 2.04. The van der Waals surface area contributed by atoms with Crippen molar-refractivity contribution in [1.82, 2.24) is 0 Å². The summed E-state index contributed by atoms with van der Waals surface area (Å²) in [5, 5.41) is 9.42. The van der Waals surface area contributed by atoms with E-state index in [0.717, 1.165) is 17.0 Å². The Morgan fingerprint density at radius 2 is 1.86 bits per heavy atom. The molecule has 0 spiro atoms. The molecule has 2 aromatic rings. The van der Waals surface area contributed by atoms with E-state index in [4.69, 9.17) is 4.74 Å². The topological polar surface area (TPSA) is 36.3 Å². The van der Waals surface area contributed by atoms with Gasteiger partial charge in [-0.2, -0.15) is 5.26 Å². The summed E-state index contributed by atoms with van der Waals surface area (Å²) in [6, 6.07) is 18.5. The summed E-state index contributed by atoms with van der Waals surface area (Å²) in [5.41, 5.74) is 3.36. The van der Waals surface area contributed by atoms with Gasteiger partial charge in [0.05, 0.1) is 18.6 Å². The van der Waals surface area contributed by atoms with Gasteiger partial charge in [0.15, 0.2) is 0 Å². The molecule has 0 N–H and O–H groups in total. The smallest absolute Gasteiger partial charge is 0.119 e. The van der Waals surface area contributed by atoms with Gasteiger partial charge < -0.3 is 9.64 Å². The van der Waals surface area contributed by atoms with Crippen LogP contribution in [0.15, 0.2) is 48.5 Å². The van der Waals surface area contributed by atoms with Crippen molar-refractivity contribution in [2.45, 2.75) is 19.3 Å². The Morgan fingerprint density at radius 1 is 1.14 bits per heavy atom. The Morgan fingerprint density at radius 3 is 2.50 bits per heavy atom. The molecule has 0 fully saturated rings. The second-order valence-corrected chi connectivity index (χ2v) is 5.62. The molecular formula is C19H22N2O. The number of rotatable bonds is 6. The van der Waals surface area contributed by atoms with Crippen molar-refractivity contribution in [3.05, 3.63) is 59.7 Å². The predicted octanol–water partition coefficient (Wildman–Crippen LogP) is 4.14. The van der Waals surface area contributed by atoms with Crippen molar-refractivity contribution in [3.63, 3.8) is 0 Å². The van der Waals surface area contributed by atoms with Gasteiger partial charge in [-0.25, -0.2) is 0 Å². The van der Waals surface area contributed by atoms with Crippen LogP contribution in [0.5, 0.6) is 5.75 Å². The molecule has 114 valence electrons. The number of aryl methyl sites for hydroxylation is 1. The number of hydrogen-bond donors (Lipinski definition) is 0. The first-order chi connectivity index (χ1) is 10.6. The van der Waals surface area contributed by atoms with Crippen LogP contribution in [0, 0.1) is 18.3 Å². The molecule has 0 amide bonds. The van der Waals surface area contributed by atoms with Gasteiger partial charge in [-0.15, -0.1) is 0 Å². The molecule has 2 rings (SSSR count). The van der Waals surface area contributed by atoms with E-state index in [2.05, 4.69) is 12.1 Å². The molecule has 3 heteroatoms. The van der Waals surface area contributed by atoms with Gasteiger partial charge in [-0.3, -0.25) is 0 Å². The van der Waals surface area contributed by atoms with Crippen LogP contribution in [-0.4, -0.2) is 20.7 Å². The Balaban J connectivity index is 1.96. The predicted molar refractivity (Wildman–Crippen MR) is 90.4 cm³/mol. The first kappa shape index (κ1) is 15.9. The van der Waals surface area contributed by atoms with Crippen molar-refractivity contribution in [3.8, 4) is 11.8 Å². The minimum absolute atomic E-state index is 0.148. The van der Waals surface area contributed by atoms with Gasteiger partial charge in [0, 0.05) is 26.2 Å². The highest BCUT2D eigenvalue weighted by atomic mass is 16.5. The lowest BCUT2D eigenvalue weighted by Gasteiger charge is -2.16. The van der Waals surface area contributed by atoms with E-state index in [1.165, 1.54) is 5.56 Å². The van der Waals surface area contributed by atoms with Crippen molar-refractivity contribution in [2.24, 2.45) is 0 Å². The monoisotopic (exact) mass is 294 g/mol. The zero-order valence-electron chi connectivity index (χ0n) is 13.4. The third-order valence-electron chi connectivity index (χ3n) is 3.64. The van der Waals surface area contributed by atoms with Crippen LogP contribution < -0.4 is 9.64 Å². The summed E-state index contributed by atoms with van der Waals surface area (Å²) in [6.45, 7) is 2.58. The zero-order valence-corrected chi connectivity index (χ0v) is 13.4. The fourth-order valence-electron chi connectivity index (χ4n) is 2.25. The minimum atomic E-state index is -0.148. The second kappa shape index (κ2) is 7.51. The summed E-state index contributed by atoms with van der Waals surface area (Å²) in [6.07, 6.45) is 0.682. The maximum Gasteiger partial charge on any atom is 0.119 e. The maximum atomic E-state index is 9.42. The van der Waals surface area contributed by atoms with Gasteiger partial charge in [0.25, 0.3) is 0 Å². The highest BCUT2D eigenvalue weighted by Crippen LogP contribution is 2.23. The molecule has 0 aliphatic rings. The lowest BCUT2D eigenvalue weighted by atomic mass is 9.97. The molecule has 2 aromatic carbocycles. The second-order valence-electron chi connectivity index (χ2n) is 5.62. The highest BCUT2D eigenvalue weighted by Gasteiger charge is 2.12. The molecule has 0 aliphatic carbocycles. The third-order valence-corrected chi connectivity index (χ3v) is 3.64. The van der Waals surface area contributed by atoms with Gasteiger partial charge in [0.1, 0.15) is 5.75 Å². The van der Waals surface area contributed by atoms with E-state index in [-0.39, 0.29) is 5.92 Å². The number of nitrogens with zero attached hydrogens (tertiary/aromatic N) is 2. The molecule has 0 bridgehead atoms. The number of ether oxygens (including phenoxy) is 1. The average Bonchev–Trinajstić information content (AvgIpc) is 2.53. The van der Waals surface area contributed by atoms with Crippen molar-refractivity contribution in [1.29, 1.82) is 5.26 Å². The molecule has 1 atom stereocenters. The van der Waals surface area contributed by atoms with Gasteiger partial charge in [-0.05, 0) is 36.8 Å². The molecule has 0 aliphatic heterocycles. The molecule has 0 aromatic heterocycles. The maximum absolute atomic E-state index is 9.42. The number of hydrogen-bond acceptors (Lipinski definition) is 3. The largest absolute Gasteiger partial charge is 0.494 e. The molecule has 22 heavy (non-hydrogen) atoms. The van der Waals surface area contributed by atoms with Gasteiger partial charge >= 0.3 is 0 Å². The quantitative estimate of drug-likeness (QED) is 0.803. The number of anilines is 1. The third kappa shape index (κ3) is 4.26. The lowest BCUT2D eigenvalue weighted by Crippen LogP contribution is -2.10. The van der Waals surface area contributed by atoms with Crippen LogP contribution in [0.2, 0.25) is 0 Å². The lowest BCUT2D eigenvalue weighted by molar-refractivity contribution is 0.306. The molecule has 0 saturated heterocycles. The average molecular weight is 294 g/mol. The fourth-order valence-corrected chi connectivity index (χ4v) is 2.25. The van der Waals surface area contributed by atoms with E-state index < -0.39 is 0 Å². The zero-order chi connectivity index (χ0) is 15.9. The normalized spacial score (nSPS) is 11.5. The van der Waals surface area contributed by atoms with Gasteiger partial charge in [-0.1, -0.05) is 29.8 Å². The summed E-state index contributed by atoms with van der Waals surface area (Å²) in [5.74, 6) is 0.703. The van der Waals surface area contributed by atoms with Crippen LogP contribution in [0.4, 0.5) is 5.69 Å². The van der Waals surface area contributed by atoms with Crippen molar-refractivity contribution >= 4 is 5.69 Å². The highest BCUT2D eigenvalue weighted by molar-refractivity contribution is 5.48. The van der Waals surface area contributed by atoms with Crippen LogP contribution in [0.25, 0.3) is 0 Å². The Hall–Kier alpha value is -2.47. The number of benzene rings is 2. The Kier molecular flexibility index (Phi) is 5.43. The summed E-state index contributed by atoms with van der Waals surface area (Å²) >= 11 is 0. The molecule has 0 saturated carbocycles. The first-order valence-electron chi connectivity index (χ1n) is 7.46. The molecular weight excluding hydrogens is 272 g/mol. The Labute approximate surface area is 132 Å². The molecule has 1 unspecified atom stereocenters. The van der Waals surface area contributed by atoms with Crippen molar-refractivity contribution < 1.29 is 4.74 Å². The molecule has 3 nitrogen and oxygen atoms in total. The molecule has 0 heterocycles. The summed E-state index contributed by atoms with van der Waals surface area (Å²) < 4.78 is 5.73. The van der Waals surface area contributed by atoms with Crippen LogP contribution in [-0.2, 0) is 0 Å². The summed E-state index contributed by atoms with van der Waals surface area (Å²) in [7, 11) is 4.00. The van der Waals surface area contributed by atoms with Gasteiger partial charge in [0.2, 0.25) is 0 Å². The Bertz CT molecular complexity index is 641. The SMILES string of the molecule is Cc1ccc(OCCC(C#N)c2cccc(N(C)C)c2)cc1. The van der Waals surface area contributed by atoms with Crippen LogP contribution in [0.3, 0.4) is 0 Å². The van der Waals surface area contributed by atoms with E-state index in [9.17, 15) is 5.26 Å². The van der Waals surface area contributed by atoms with E-state index in [1.54, 1.807) is 0 Å². The van der Waals surface area contributed by atoms with E-state index >= 15 is 0 Å². The standard InChI is InChI=1S/C19H22N2O/c1-15-7-9-19(10-8-15)22-12-11-17(14-20)16-5-4-6-18(13-16)21(2)3/h4-10,13,17H,11-12H2,1-3H3. The van der Waals surface area contributed by atoms with E-state index in [0.29, 0.717) is 13.0 Å². The minimum Gasteiger partial charge on any atom is -0.494 e. The van der Waals surface area contributed by atoms with E-state index in [1.807, 2.05) is 68.4 Å². The first-order valence-corrected chi connectivity index (χ1v) is 7.46. The van der Waals surface area contributed by atoms with Crippen molar-refractivity contribution in [2.75, 3.05) is 25.6 Å². The fraction of sp³-hybridized carbons (Fsp3) is 0.316.